The monoisotopic (exact) mass is 398 g/mol. The zero-order valence-electron chi connectivity index (χ0n) is 15.9. The first kappa shape index (κ1) is 19.5. The Kier molecular flexibility index (Phi) is 4.24. The van der Waals surface area contributed by atoms with Gasteiger partial charge in [-0.1, -0.05) is 19.4 Å². The summed E-state index contributed by atoms with van der Waals surface area (Å²) in [6.07, 6.45) is 3.38. The lowest BCUT2D eigenvalue weighted by atomic mass is 9.45. The first-order chi connectivity index (χ1) is 12.5. The zero-order chi connectivity index (χ0) is 19.8. The largest absolute Gasteiger partial charge is 0.388 e. The number of carbonyl (C=O) groups excluding carboxylic acids is 2. The Balaban J connectivity index is 1.80. The van der Waals surface area contributed by atoms with Crippen LogP contribution in [0, 0.1) is 22.7 Å². The minimum Gasteiger partial charge on any atom is -0.388 e. The van der Waals surface area contributed by atoms with Crippen LogP contribution < -0.4 is 0 Å². The van der Waals surface area contributed by atoms with Crippen molar-refractivity contribution < 1.29 is 24.2 Å². The number of rotatable bonds is 2. The fourth-order valence-electron chi connectivity index (χ4n) is 7.10. The van der Waals surface area contributed by atoms with E-state index in [0.29, 0.717) is 32.1 Å². The number of fused-ring (bicyclic) bond motifs is 5. The van der Waals surface area contributed by atoms with E-state index in [9.17, 15) is 19.8 Å². The van der Waals surface area contributed by atoms with Crippen LogP contribution in [0.5, 0.6) is 0 Å². The summed E-state index contributed by atoms with van der Waals surface area (Å²) in [7, 11) is 0. The third kappa shape index (κ3) is 2.17. The average Bonchev–Trinajstić information content (AvgIpc) is 2.88. The van der Waals surface area contributed by atoms with Crippen LogP contribution in [0.15, 0.2) is 11.6 Å². The summed E-state index contributed by atoms with van der Waals surface area (Å²) in [5, 5.41) is 20.5. The first-order valence-corrected chi connectivity index (χ1v) is 10.4. The van der Waals surface area contributed by atoms with Gasteiger partial charge in [-0.3, -0.25) is 9.59 Å². The Hall–Kier alpha value is -0.780. The van der Waals surface area contributed by atoms with Crippen molar-refractivity contribution in [2.75, 3.05) is 6.61 Å². The van der Waals surface area contributed by atoms with Gasteiger partial charge in [-0.15, -0.1) is 11.6 Å². The van der Waals surface area contributed by atoms with Crippen LogP contribution in [0.4, 0.5) is 4.39 Å². The van der Waals surface area contributed by atoms with Gasteiger partial charge in [0.15, 0.2) is 11.6 Å². The normalized spacial score (nSPS) is 51.9. The van der Waals surface area contributed by atoms with E-state index in [1.807, 2.05) is 6.92 Å². The smallest absolute Gasteiger partial charge is 0.190 e. The van der Waals surface area contributed by atoms with Gasteiger partial charge in [0.2, 0.25) is 0 Å². The number of aliphatic hydroxyl groups excluding tert-OH is 1. The number of hydrogen-bond acceptors (Lipinski definition) is 4. The molecule has 3 fully saturated rings. The summed E-state index contributed by atoms with van der Waals surface area (Å²) in [5.41, 5.74) is -2.27. The molecule has 0 amide bonds. The molecule has 0 aromatic rings. The topological polar surface area (TPSA) is 74.6 Å². The summed E-state index contributed by atoms with van der Waals surface area (Å²) in [6, 6.07) is 0. The average molecular weight is 399 g/mol. The number of aliphatic hydroxyl groups is 2. The van der Waals surface area contributed by atoms with Gasteiger partial charge in [0.05, 0.1) is 4.87 Å². The molecule has 0 aliphatic heterocycles. The lowest BCUT2D eigenvalue weighted by molar-refractivity contribution is -0.170. The number of alkyl halides is 2. The van der Waals surface area contributed by atoms with Crippen LogP contribution in [-0.4, -0.2) is 45.0 Å². The van der Waals surface area contributed by atoms with E-state index in [2.05, 4.69) is 0 Å². The molecule has 4 nitrogen and oxygen atoms in total. The highest BCUT2D eigenvalue weighted by Gasteiger charge is 2.73. The molecular formula is C21H28ClFO4. The SMILES string of the molecule is C[C@]12CCC(=O)C=C1CC[C@H]1[C@@H]3CC[C@](O)(C(=O)CO)[C@@]3(C)C[C@H](F)[C@@]12Cl. The Morgan fingerprint density at radius 2 is 1.96 bits per heavy atom. The predicted octanol–water partition coefficient (Wildman–Crippen LogP) is 3.12. The van der Waals surface area contributed by atoms with E-state index >= 15 is 4.39 Å². The molecule has 3 saturated carbocycles. The zero-order valence-corrected chi connectivity index (χ0v) is 16.7. The molecule has 27 heavy (non-hydrogen) atoms. The standard InChI is InChI=1S/C21H28ClFO4/c1-18-7-5-13(25)9-12(18)3-4-15-14-6-8-20(27,17(26)11-24)19(14,2)10-16(23)21(15,18)22/h9,14-16,24,27H,3-8,10-11H2,1-2H3/t14-,15-,16-,18-,19-,20-,21-/m0/s1. The van der Waals surface area contributed by atoms with Crippen LogP contribution in [0.25, 0.3) is 0 Å². The van der Waals surface area contributed by atoms with E-state index in [1.54, 1.807) is 13.0 Å². The van der Waals surface area contributed by atoms with Crippen LogP contribution in [0.2, 0.25) is 0 Å². The number of carbonyl (C=O) groups is 2. The second kappa shape index (κ2) is 5.87. The Morgan fingerprint density at radius 1 is 1.26 bits per heavy atom. The molecule has 6 heteroatoms. The molecule has 0 heterocycles. The second-order valence-electron chi connectivity index (χ2n) is 9.56. The van der Waals surface area contributed by atoms with Gasteiger partial charge >= 0.3 is 0 Å². The van der Waals surface area contributed by atoms with Crippen molar-refractivity contribution in [1.29, 1.82) is 0 Å². The molecule has 2 N–H and O–H groups in total. The fraction of sp³-hybridized carbons (Fsp3) is 0.810. The molecule has 0 unspecified atom stereocenters. The summed E-state index contributed by atoms with van der Waals surface area (Å²) >= 11 is 7.18. The lowest BCUT2D eigenvalue weighted by Gasteiger charge is -2.64. The predicted molar refractivity (Wildman–Crippen MR) is 99.1 cm³/mol. The van der Waals surface area contributed by atoms with Crippen LogP contribution in [0.1, 0.15) is 58.8 Å². The van der Waals surface area contributed by atoms with E-state index < -0.39 is 39.9 Å². The molecular weight excluding hydrogens is 371 g/mol. The summed E-state index contributed by atoms with van der Waals surface area (Å²) < 4.78 is 15.9. The maximum atomic E-state index is 15.9. The van der Waals surface area contributed by atoms with Crippen LogP contribution in [0.3, 0.4) is 0 Å². The first-order valence-electron chi connectivity index (χ1n) is 9.98. The molecule has 4 aliphatic carbocycles. The molecule has 4 aliphatic rings. The van der Waals surface area contributed by atoms with E-state index in [1.165, 1.54) is 0 Å². The molecule has 0 bridgehead atoms. The van der Waals surface area contributed by atoms with E-state index in [4.69, 9.17) is 11.6 Å². The molecule has 150 valence electrons. The van der Waals surface area contributed by atoms with Crippen molar-refractivity contribution in [3.8, 4) is 0 Å². The molecule has 0 saturated heterocycles. The van der Waals surface area contributed by atoms with Gasteiger partial charge in [-0.2, -0.15) is 0 Å². The van der Waals surface area contributed by atoms with Crippen molar-refractivity contribution in [2.45, 2.75) is 75.4 Å². The lowest BCUT2D eigenvalue weighted by Crippen LogP contribution is -2.68. The van der Waals surface area contributed by atoms with Gasteiger partial charge in [0.1, 0.15) is 18.4 Å². The highest BCUT2D eigenvalue weighted by atomic mass is 35.5. The Morgan fingerprint density at radius 3 is 2.63 bits per heavy atom. The molecule has 0 radical (unpaired) electrons. The number of allylic oxidation sites excluding steroid dienone is 1. The van der Waals surface area contributed by atoms with Crippen LogP contribution >= 0.6 is 11.6 Å². The van der Waals surface area contributed by atoms with Crippen LogP contribution in [-0.2, 0) is 9.59 Å². The van der Waals surface area contributed by atoms with Gasteiger partial charge < -0.3 is 10.2 Å². The number of halogens is 2. The highest BCUT2D eigenvalue weighted by Crippen LogP contribution is 2.71. The minimum absolute atomic E-state index is 0.00325. The van der Waals surface area contributed by atoms with E-state index in [-0.39, 0.29) is 30.5 Å². The highest BCUT2D eigenvalue weighted by molar-refractivity contribution is 6.26. The second-order valence-corrected chi connectivity index (χ2v) is 10.2. The molecule has 4 rings (SSSR count). The van der Waals surface area contributed by atoms with Gasteiger partial charge in [-0.05, 0) is 56.4 Å². The van der Waals surface area contributed by atoms with Crippen molar-refractivity contribution in [1.82, 2.24) is 0 Å². The van der Waals surface area contributed by atoms with Crippen molar-refractivity contribution in [2.24, 2.45) is 22.7 Å². The van der Waals surface area contributed by atoms with Gasteiger partial charge in [0, 0.05) is 17.3 Å². The number of hydrogen-bond donors (Lipinski definition) is 2. The minimum atomic E-state index is -1.70. The van der Waals surface area contributed by atoms with Crippen molar-refractivity contribution >= 4 is 23.2 Å². The maximum absolute atomic E-state index is 15.9. The Labute approximate surface area is 164 Å². The summed E-state index contributed by atoms with van der Waals surface area (Å²) in [6.45, 7) is 3.04. The third-order valence-electron chi connectivity index (χ3n) is 8.76. The van der Waals surface area contributed by atoms with E-state index in [0.717, 1.165) is 5.57 Å². The summed E-state index contributed by atoms with van der Waals surface area (Å²) in [5.74, 6) is -0.795. The maximum Gasteiger partial charge on any atom is 0.190 e. The Bertz CT molecular complexity index is 738. The fourth-order valence-corrected chi connectivity index (χ4v) is 7.65. The van der Waals surface area contributed by atoms with Gasteiger partial charge in [-0.25, -0.2) is 4.39 Å². The van der Waals surface area contributed by atoms with Crippen molar-refractivity contribution in [3.05, 3.63) is 11.6 Å². The summed E-state index contributed by atoms with van der Waals surface area (Å²) in [4.78, 5) is 23.2. The van der Waals surface area contributed by atoms with Gasteiger partial charge in [0.25, 0.3) is 0 Å². The van der Waals surface area contributed by atoms with Crippen molar-refractivity contribution in [3.63, 3.8) is 0 Å². The number of ketones is 2. The molecule has 7 atom stereocenters. The number of Topliss-reactive ketones (excluding diaryl/α,β-unsaturated/α-hetero) is 1. The molecule has 0 aromatic heterocycles. The third-order valence-corrected chi connectivity index (χ3v) is 9.69. The molecule has 0 aromatic carbocycles. The quantitative estimate of drug-likeness (QED) is 0.701. The molecule has 0 spiro atoms.